The van der Waals surface area contributed by atoms with Crippen LogP contribution < -0.4 is 10.5 Å². The highest BCUT2D eigenvalue weighted by Gasteiger charge is 2.45. The average Bonchev–Trinajstić information content (AvgIpc) is 2.56. The van der Waals surface area contributed by atoms with E-state index in [9.17, 15) is 20.1 Å². The molecule has 8 heteroatoms. The van der Waals surface area contributed by atoms with E-state index in [0.29, 0.717) is 12.4 Å². The van der Waals surface area contributed by atoms with Gasteiger partial charge in [0.1, 0.15) is 18.0 Å². The van der Waals surface area contributed by atoms with Crippen molar-refractivity contribution in [3.05, 3.63) is 29.3 Å². The quantitative estimate of drug-likeness (QED) is 0.451. The Balaban J connectivity index is 2.42. The summed E-state index contributed by atoms with van der Waals surface area (Å²) in [5.74, 6) is -1.42. The molecule has 5 unspecified atom stereocenters. The van der Waals surface area contributed by atoms with Crippen LogP contribution in [0, 0.1) is 0 Å². The molecule has 6 N–H and O–H groups in total. The highest BCUT2D eigenvalue weighted by Crippen LogP contribution is 2.36. The molecule has 1 aliphatic rings. The van der Waals surface area contributed by atoms with Crippen LogP contribution in [0.1, 0.15) is 35.2 Å². The zero-order chi connectivity index (χ0) is 17.9. The van der Waals surface area contributed by atoms with Gasteiger partial charge in [-0.25, -0.2) is 0 Å². The summed E-state index contributed by atoms with van der Waals surface area (Å²) in [5.41, 5.74) is 5.66. The van der Waals surface area contributed by atoms with E-state index in [1.54, 1.807) is 6.07 Å². The summed E-state index contributed by atoms with van der Waals surface area (Å²) >= 11 is 0. The number of primary amides is 1. The second kappa shape index (κ2) is 7.91. The molecule has 8 nitrogen and oxygen atoms in total. The van der Waals surface area contributed by atoms with Crippen molar-refractivity contribution >= 4 is 5.91 Å². The van der Waals surface area contributed by atoms with E-state index in [0.717, 1.165) is 6.42 Å². The van der Waals surface area contributed by atoms with E-state index in [2.05, 4.69) is 0 Å². The fourth-order valence-electron chi connectivity index (χ4n) is 2.78. The molecule has 1 aromatic rings. The van der Waals surface area contributed by atoms with Crippen LogP contribution in [-0.2, 0) is 4.74 Å². The molecule has 1 amide bonds. The van der Waals surface area contributed by atoms with Gasteiger partial charge < -0.3 is 35.6 Å². The second-order valence-corrected chi connectivity index (χ2v) is 5.72. The van der Waals surface area contributed by atoms with Gasteiger partial charge in [0.25, 0.3) is 0 Å². The van der Waals surface area contributed by atoms with Crippen LogP contribution in [0.3, 0.4) is 0 Å². The number of carbonyl (C=O) groups excluding carboxylic acids is 1. The summed E-state index contributed by atoms with van der Waals surface area (Å²) in [4.78, 5) is 11.7. The molecule has 0 radical (unpaired) electrons. The maximum atomic E-state index is 11.7. The molecule has 1 aliphatic heterocycles. The summed E-state index contributed by atoms with van der Waals surface area (Å²) in [5, 5.41) is 39.7. The lowest BCUT2D eigenvalue weighted by molar-refractivity contribution is -0.251. The van der Waals surface area contributed by atoms with Crippen LogP contribution in [0.2, 0.25) is 0 Å². The Labute approximate surface area is 139 Å². The Hall–Kier alpha value is -1.71. The number of carbonyl (C=O) groups is 1. The van der Waals surface area contributed by atoms with Crippen LogP contribution in [0.4, 0.5) is 0 Å². The van der Waals surface area contributed by atoms with Gasteiger partial charge in [-0.3, -0.25) is 4.79 Å². The highest BCUT2D eigenvalue weighted by molar-refractivity contribution is 5.94. The minimum atomic E-state index is -1.53. The van der Waals surface area contributed by atoms with Crippen molar-refractivity contribution in [1.82, 2.24) is 0 Å². The Morgan fingerprint density at radius 3 is 2.58 bits per heavy atom. The van der Waals surface area contributed by atoms with Gasteiger partial charge >= 0.3 is 0 Å². The van der Waals surface area contributed by atoms with Gasteiger partial charge in [0.15, 0.2) is 6.29 Å². The van der Waals surface area contributed by atoms with Crippen LogP contribution >= 0.6 is 0 Å². The van der Waals surface area contributed by atoms with Crippen LogP contribution in [0.15, 0.2) is 18.2 Å². The largest absolute Gasteiger partial charge is 0.494 e. The summed E-state index contributed by atoms with van der Waals surface area (Å²) in [6.07, 6.45) is -4.75. The highest BCUT2D eigenvalue weighted by atomic mass is 16.6. The van der Waals surface area contributed by atoms with Gasteiger partial charge in [0, 0.05) is 5.56 Å². The molecule has 1 fully saturated rings. The fraction of sp³-hybridized carbons (Fsp3) is 0.562. The molecule has 1 heterocycles. The van der Waals surface area contributed by atoms with Crippen molar-refractivity contribution in [3.63, 3.8) is 0 Å². The van der Waals surface area contributed by atoms with Crippen LogP contribution in [-0.4, -0.2) is 64.1 Å². The van der Waals surface area contributed by atoms with E-state index >= 15 is 0 Å². The summed E-state index contributed by atoms with van der Waals surface area (Å²) < 4.78 is 10.6. The lowest BCUT2D eigenvalue weighted by Crippen LogP contribution is -2.54. The maximum absolute atomic E-state index is 11.7. The number of ether oxygens (including phenoxy) is 2. The first-order valence-corrected chi connectivity index (χ1v) is 7.77. The van der Waals surface area contributed by atoms with Crippen molar-refractivity contribution in [2.75, 3.05) is 13.2 Å². The molecule has 2 rings (SSSR count). The lowest BCUT2D eigenvalue weighted by atomic mass is 9.83. The van der Waals surface area contributed by atoms with Crippen molar-refractivity contribution in [2.45, 2.75) is 43.9 Å². The molecule has 134 valence electrons. The molecule has 0 bridgehead atoms. The third-order valence-corrected chi connectivity index (χ3v) is 4.02. The number of amides is 1. The lowest BCUT2D eigenvalue weighted by Gasteiger charge is -2.40. The molecule has 0 aromatic heterocycles. The Kier molecular flexibility index (Phi) is 6.14. The Bertz CT molecular complexity index is 580. The van der Waals surface area contributed by atoms with Crippen molar-refractivity contribution in [2.24, 2.45) is 5.73 Å². The summed E-state index contributed by atoms with van der Waals surface area (Å²) in [7, 11) is 0. The predicted molar refractivity (Wildman–Crippen MR) is 83.5 cm³/mol. The monoisotopic (exact) mass is 341 g/mol. The van der Waals surface area contributed by atoms with E-state index in [-0.39, 0.29) is 11.1 Å². The molecular formula is C16H23NO7. The zero-order valence-electron chi connectivity index (χ0n) is 13.3. The van der Waals surface area contributed by atoms with Crippen LogP contribution in [0.25, 0.3) is 0 Å². The SMILES string of the molecule is CCCOc1ccc(C(N)=O)c(C2C(O)OC(CO)C(O)C2O)c1. The van der Waals surface area contributed by atoms with Gasteiger partial charge in [-0.1, -0.05) is 6.92 Å². The standard InChI is InChI=1S/C16H23NO7/c1-2-5-23-8-3-4-9(15(17)21)10(6-8)12-14(20)13(19)11(7-18)24-16(12)22/h3-4,6,11-14,16,18-20,22H,2,5,7H2,1H3,(H2,17,21). The topological polar surface area (TPSA) is 142 Å². The van der Waals surface area contributed by atoms with Gasteiger partial charge in [0.05, 0.1) is 25.2 Å². The normalized spacial score (nSPS) is 30.1. The Morgan fingerprint density at radius 2 is 2.00 bits per heavy atom. The molecule has 0 spiro atoms. The van der Waals surface area contributed by atoms with Gasteiger partial charge in [0.2, 0.25) is 5.91 Å². The third kappa shape index (κ3) is 3.68. The first-order valence-electron chi connectivity index (χ1n) is 7.77. The van der Waals surface area contributed by atoms with Crippen molar-refractivity contribution < 1.29 is 34.7 Å². The smallest absolute Gasteiger partial charge is 0.248 e. The van der Waals surface area contributed by atoms with Gasteiger partial charge in [-0.05, 0) is 30.2 Å². The maximum Gasteiger partial charge on any atom is 0.248 e. The third-order valence-electron chi connectivity index (χ3n) is 4.02. The number of aliphatic hydroxyl groups excluding tert-OH is 4. The fourth-order valence-corrected chi connectivity index (χ4v) is 2.78. The number of benzene rings is 1. The van der Waals surface area contributed by atoms with E-state index in [1.807, 2.05) is 6.92 Å². The summed E-state index contributed by atoms with van der Waals surface area (Å²) in [6.45, 7) is 1.83. The second-order valence-electron chi connectivity index (χ2n) is 5.72. The number of hydrogen-bond acceptors (Lipinski definition) is 7. The number of aliphatic hydroxyl groups is 4. The van der Waals surface area contributed by atoms with E-state index < -0.39 is 43.0 Å². The van der Waals surface area contributed by atoms with E-state index in [4.69, 9.17) is 20.3 Å². The van der Waals surface area contributed by atoms with Crippen molar-refractivity contribution in [3.8, 4) is 5.75 Å². The Morgan fingerprint density at radius 1 is 1.29 bits per heavy atom. The average molecular weight is 341 g/mol. The predicted octanol–water partition coefficient (Wildman–Crippen LogP) is -0.911. The first kappa shape index (κ1) is 18.6. The summed E-state index contributed by atoms with van der Waals surface area (Å²) in [6, 6.07) is 4.49. The zero-order valence-corrected chi connectivity index (χ0v) is 13.3. The molecule has 5 atom stereocenters. The minimum absolute atomic E-state index is 0.0835. The first-order chi connectivity index (χ1) is 11.4. The van der Waals surface area contributed by atoms with Gasteiger partial charge in [-0.15, -0.1) is 0 Å². The van der Waals surface area contributed by atoms with E-state index in [1.165, 1.54) is 12.1 Å². The van der Waals surface area contributed by atoms with Crippen LogP contribution in [0.5, 0.6) is 5.75 Å². The molecule has 0 aliphatic carbocycles. The minimum Gasteiger partial charge on any atom is -0.494 e. The number of nitrogens with two attached hydrogens (primary N) is 1. The molecule has 1 aromatic carbocycles. The molecule has 0 saturated carbocycles. The molecular weight excluding hydrogens is 318 g/mol. The number of rotatable bonds is 6. The van der Waals surface area contributed by atoms with Crippen molar-refractivity contribution in [1.29, 1.82) is 0 Å². The van der Waals surface area contributed by atoms with Gasteiger partial charge in [-0.2, -0.15) is 0 Å². The number of hydrogen-bond donors (Lipinski definition) is 5. The molecule has 1 saturated heterocycles. The molecule has 24 heavy (non-hydrogen) atoms.